The van der Waals surface area contributed by atoms with Gasteiger partial charge in [-0.3, -0.25) is 4.79 Å². The fraction of sp³-hybridized carbons (Fsp3) is 0.174. The van der Waals surface area contributed by atoms with Gasteiger partial charge in [0.1, 0.15) is 11.5 Å². The van der Waals surface area contributed by atoms with Crippen molar-refractivity contribution in [3.8, 4) is 11.5 Å². The number of para-hydroxylation sites is 1. The van der Waals surface area contributed by atoms with Crippen LogP contribution in [-0.2, 0) is 11.2 Å². The predicted molar refractivity (Wildman–Crippen MR) is 106 cm³/mol. The molecule has 0 saturated carbocycles. The molecular formula is C23H23NO3. The van der Waals surface area contributed by atoms with E-state index in [1.807, 2.05) is 84.9 Å². The number of hydrogen-bond acceptors (Lipinski definition) is 3. The molecule has 0 saturated heterocycles. The van der Waals surface area contributed by atoms with Crippen LogP contribution in [0, 0.1) is 0 Å². The largest absolute Gasteiger partial charge is 0.497 e. The summed E-state index contributed by atoms with van der Waals surface area (Å²) >= 11 is 0. The zero-order valence-electron chi connectivity index (χ0n) is 15.3. The minimum atomic E-state index is -0.690. The Labute approximate surface area is 159 Å². The first-order valence-corrected chi connectivity index (χ1v) is 8.93. The van der Waals surface area contributed by atoms with Crippen LogP contribution in [0.1, 0.15) is 17.2 Å². The molecule has 3 aromatic rings. The van der Waals surface area contributed by atoms with Crippen LogP contribution in [0.15, 0.2) is 84.9 Å². The van der Waals surface area contributed by atoms with Crippen LogP contribution in [0.2, 0.25) is 0 Å². The quantitative estimate of drug-likeness (QED) is 0.655. The molecule has 3 rings (SSSR count). The van der Waals surface area contributed by atoms with Gasteiger partial charge in [-0.25, -0.2) is 0 Å². The predicted octanol–water partition coefficient (Wildman–Crippen LogP) is 4.17. The number of methoxy groups -OCH3 is 1. The van der Waals surface area contributed by atoms with Crippen molar-refractivity contribution in [1.29, 1.82) is 0 Å². The molecule has 27 heavy (non-hydrogen) atoms. The summed E-state index contributed by atoms with van der Waals surface area (Å²) in [5.74, 6) is 1.33. The summed E-state index contributed by atoms with van der Waals surface area (Å²) in [6.45, 7) is 0.534. The minimum Gasteiger partial charge on any atom is -0.497 e. The molecule has 0 aromatic heterocycles. The number of carbonyl (C=O) groups excluding carboxylic acids is 1. The summed E-state index contributed by atoms with van der Waals surface area (Å²) in [4.78, 5) is 12.8. The lowest BCUT2D eigenvalue weighted by atomic mass is 10.1. The molecule has 0 spiro atoms. The lowest BCUT2D eigenvalue weighted by Crippen LogP contribution is -2.33. The van der Waals surface area contributed by atoms with Crippen LogP contribution in [0.4, 0.5) is 0 Å². The fourth-order valence-electron chi connectivity index (χ4n) is 2.75. The average molecular weight is 361 g/mol. The molecule has 1 unspecified atom stereocenters. The maximum absolute atomic E-state index is 12.8. The van der Waals surface area contributed by atoms with E-state index in [1.165, 1.54) is 0 Å². The van der Waals surface area contributed by atoms with Gasteiger partial charge in [-0.15, -0.1) is 0 Å². The Morgan fingerprint density at radius 1 is 0.852 bits per heavy atom. The van der Waals surface area contributed by atoms with Gasteiger partial charge in [-0.05, 0) is 36.2 Å². The maximum atomic E-state index is 12.8. The highest BCUT2D eigenvalue weighted by atomic mass is 16.5. The normalized spacial score (nSPS) is 11.4. The standard InChI is InChI=1S/C23H23NO3/c1-26-20-14-12-18(13-15-20)16-17-24-23(25)22(19-8-4-2-5-9-19)27-21-10-6-3-7-11-21/h2-15,22H,16-17H2,1H3,(H,24,25). The number of carbonyl (C=O) groups is 1. The Morgan fingerprint density at radius 2 is 1.48 bits per heavy atom. The molecule has 3 aromatic carbocycles. The summed E-state index contributed by atoms with van der Waals surface area (Å²) in [6, 6.07) is 26.8. The van der Waals surface area contributed by atoms with E-state index in [1.54, 1.807) is 7.11 Å². The van der Waals surface area contributed by atoms with Gasteiger partial charge in [0.25, 0.3) is 5.91 Å². The lowest BCUT2D eigenvalue weighted by molar-refractivity contribution is -0.128. The SMILES string of the molecule is COc1ccc(CCNC(=O)C(Oc2ccccc2)c2ccccc2)cc1. The van der Waals surface area contributed by atoms with Crippen molar-refractivity contribution in [3.05, 3.63) is 96.1 Å². The van der Waals surface area contributed by atoms with Crippen molar-refractivity contribution < 1.29 is 14.3 Å². The van der Waals surface area contributed by atoms with Gasteiger partial charge < -0.3 is 14.8 Å². The Morgan fingerprint density at radius 3 is 2.11 bits per heavy atom. The van der Waals surface area contributed by atoms with Crippen LogP contribution in [0.5, 0.6) is 11.5 Å². The Bertz CT molecular complexity index is 833. The van der Waals surface area contributed by atoms with E-state index in [0.717, 1.165) is 23.3 Å². The molecule has 0 bridgehead atoms. The summed E-state index contributed by atoms with van der Waals surface area (Å²) in [6.07, 6.45) is 0.0484. The number of amides is 1. The molecule has 0 aliphatic rings. The van der Waals surface area contributed by atoms with E-state index in [-0.39, 0.29) is 5.91 Å². The van der Waals surface area contributed by atoms with Crippen molar-refractivity contribution in [3.63, 3.8) is 0 Å². The summed E-state index contributed by atoms with van der Waals surface area (Å²) in [7, 11) is 1.64. The molecule has 0 fully saturated rings. The number of rotatable bonds is 8. The molecule has 1 atom stereocenters. The second-order valence-electron chi connectivity index (χ2n) is 6.11. The molecule has 138 valence electrons. The van der Waals surface area contributed by atoms with E-state index in [4.69, 9.17) is 9.47 Å². The van der Waals surface area contributed by atoms with Crippen LogP contribution in [-0.4, -0.2) is 19.6 Å². The zero-order valence-corrected chi connectivity index (χ0v) is 15.3. The summed E-state index contributed by atoms with van der Waals surface area (Å²) < 4.78 is 11.1. The molecule has 0 radical (unpaired) electrons. The highest BCUT2D eigenvalue weighted by Gasteiger charge is 2.22. The third kappa shape index (κ3) is 5.35. The van der Waals surface area contributed by atoms with E-state index < -0.39 is 6.10 Å². The molecule has 4 heteroatoms. The first-order valence-electron chi connectivity index (χ1n) is 8.93. The van der Waals surface area contributed by atoms with E-state index in [0.29, 0.717) is 12.3 Å². The van der Waals surface area contributed by atoms with Crippen LogP contribution in [0.25, 0.3) is 0 Å². The van der Waals surface area contributed by atoms with Crippen molar-refractivity contribution in [2.75, 3.05) is 13.7 Å². The Balaban J connectivity index is 1.63. The molecule has 0 aliphatic heterocycles. The van der Waals surface area contributed by atoms with Crippen molar-refractivity contribution >= 4 is 5.91 Å². The summed E-state index contributed by atoms with van der Waals surface area (Å²) in [5, 5.41) is 2.98. The minimum absolute atomic E-state index is 0.154. The van der Waals surface area contributed by atoms with E-state index in [9.17, 15) is 4.79 Å². The van der Waals surface area contributed by atoms with E-state index >= 15 is 0 Å². The third-order valence-corrected chi connectivity index (χ3v) is 4.21. The molecule has 1 N–H and O–H groups in total. The van der Waals surface area contributed by atoms with Gasteiger partial charge in [-0.2, -0.15) is 0 Å². The molecule has 0 heterocycles. The van der Waals surface area contributed by atoms with Gasteiger partial charge in [0, 0.05) is 12.1 Å². The average Bonchev–Trinajstić information content (AvgIpc) is 2.74. The van der Waals surface area contributed by atoms with Crippen LogP contribution < -0.4 is 14.8 Å². The third-order valence-electron chi connectivity index (χ3n) is 4.21. The number of hydrogen-bond donors (Lipinski definition) is 1. The number of nitrogens with one attached hydrogen (secondary N) is 1. The topological polar surface area (TPSA) is 47.6 Å². The smallest absolute Gasteiger partial charge is 0.265 e. The van der Waals surface area contributed by atoms with Gasteiger partial charge in [0.15, 0.2) is 0 Å². The second kappa shape index (κ2) is 9.43. The van der Waals surface area contributed by atoms with Gasteiger partial charge in [0.05, 0.1) is 7.11 Å². The Kier molecular flexibility index (Phi) is 6.47. The zero-order chi connectivity index (χ0) is 18.9. The molecule has 1 amide bonds. The second-order valence-corrected chi connectivity index (χ2v) is 6.11. The van der Waals surface area contributed by atoms with Gasteiger partial charge in [-0.1, -0.05) is 60.7 Å². The molecular weight excluding hydrogens is 338 g/mol. The van der Waals surface area contributed by atoms with Crippen molar-refractivity contribution in [2.24, 2.45) is 0 Å². The first-order chi connectivity index (χ1) is 13.3. The van der Waals surface area contributed by atoms with Crippen molar-refractivity contribution in [2.45, 2.75) is 12.5 Å². The van der Waals surface area contributed by atoms with Crippen LogP contribution >= 0.6 is 0 Å². The number of benzene rings is 3. The molecule has 4 nitrogen and oxygen atoms in total. The van der Waals surface area contributed by atoms with Gasteiger partial charge >= 0.3 is 0 Å². The maximum Gasteiger partial charge on any atom is 0.265 e. The van der Waals surface area contributed by atoms with E-state index in [2.05, 4.69) is 5.32 Å². The highest BCUT2D eigenvalue weighted by molar-refractivity contribution is 5.82. The highest BCUT2D eigenvalue weighted by Crippen LogP contribution is 2.22. The Hall–Kier alpha value is -3.27. The first kappa shape index (κ1) is 18.5. The number of ether oxygens (including phenoxy) is 2. The lowest BCUT2D eigenvalue weighted by Gasteiger charge is -2.19. The van der Waals surface area contributed by atoms with Crippen molar-refractivity contribution in [1.82, 2.24) is 5.32 Å². The molecule has 0 aliphatic carbocycles. The fourth-order valence-corrected chi connectivity index (χ4v) is 2.75. The van der Waals surface area contributed by atoms with Gasteiger partial charge in [0.2, 0.25) is 6.10 Å². The van der Waals surface area contributed by atoms with Crippen LogP contribution in [0.3, 0.4) is 0 Å². The summed E-state index contributed by atoms with van der Waals surface area (Å²) in [5.41, 5.74) is 1.96. The monoisotopic (exact) mass is 361 g/mol.